The fourth-order valence-electron chi connectivity index (χ4n) is 11.9. The Labute approximate surface area is 531 Å². The van der Waals surface area contributed by atoms with Crippen molar-refractivity contribution >= 4 is 19.7 Å². The van der Waals surface area contributed by atoms with E-state index in [9.17, 15) is 19.0 Å². The van der Waals surface area contributed by atoms with Gasteiger partial charge < -0.3 is 28.5 Å². The third-order valence-electron chi connectivity index (χ3n) is 17.7. The molecule has 0 aromatic heterocycles. The Morgan fingerprint density at radius 3 is 0.965 bits per heavy atom. The van der Waals surface area contributed by atoms with Crippen molar-refractivity contribution in [2.45, 2.75) is 418 Å². The molecule has 0 saturated heterocycles. The van der Waals surface area contributed by atoms with Gasteiger partial charge in [-0.25, -0.2) is 0 Å². The molecule has 10 heteroatoms. The molecule has 3 unspecified atom stereocenters. The number of nitrogens with one attached hydrogen (secondary N) is 1. The van der Waals surface area contributed by atoms with Gasteiger partial charge in [-0.2, -0.15) is 0 Å². The number of amides is 1. The molecule has 3 atom stereocenters. The molecule has 0 aromatic rings. The van der Waals surface area contributed by atoms with Crippen LogP contribution in [0.3, 0.4) is 0 Å². The van der Waals surface area contributed by atoms with E-state index in [1.807, 2.05) is 33.3 Å². The molecule has 0 aliphatic rings. The molecule has 0 aromatic carbocycles. The standard InChI is InChI=1S/C75H149N2O7P/c1-7-10-13-16-19-22-25-27-29-31-33-35-37-38-40-41-43-45-47-49-52-55-58-61-64-67-74(78)76-72(71-83-85(80,81)82-70-69-77(4,5)6)73(66-63-60-57-54-51-24-21-18-15-12-9-3)84-75(79)68-65-62-59-56-53-50-48-46-44-42-39-36-34-32-30-28-26-23-20-17-14-11-8-2/h63,66,72-73H,7-62,64-65,67-71H2,1-6H3,(H-,76,78,80,81)/b66-63+. The lowest BCUT2D eigenvalue weighted by atomic mass is 10.0. The highest BCUT2D eigenvalue weighted by molar-refractivity contribution is 7.45. The van der Waals surface area contributed by atoms with E-state index in [0.29, 0.717) is 17.4 Å². The number of phosphoric acid groups is 1. The summed E-state index contributed by atoms with van der Waals surface area (Å²) in [6.45, 7) is 6.93. The number of quaternary nitrogens is 1. The van der Waals surface area contributed by atoms with E-state index in [0.717, 1.165) is 57.8 Å². The molecule has 0 aliphatic carbocycles. The molecule has 9 nitrogen and oxygen atoms in total. The summed E-state index contributed by atoms with van der Waals surface area (Å²) in [6, 6.07) is -0.881. The zero-order valence-corrected chi connectivity index (χ0v) is 59.0. The Hall–Kier alpha value is -1.25. The van der Waals surface area contributed by atoms with Crippen LogP contribution >= 0.6 is 7.82 Å². The number of hydrogen-bond acceptors (Lipinski definition) is 7. The van der Waals surface area contributed by atoms with Gasteiger partial charge in [0.05, 0.1) is 33.8 Å². The third kappa shape index (κ3) is 67.0. The van der Waals surface area contributed by atoms with Crippen LogP contribution in [0.25, 0.3) is 0 Å². The first kappa shape index (κ1) is 83.8. The van der Waals surface area contributed by atoms with Crippen molar-refractivity contribution in [2.24, 2.45) is 0 Å². The van der Waals surface area contributed by atoms with E-state index in [4.69, 9.17) is 13.8 Å². The lowest BCUT2D eigenvalue weighted by Gasteiger charge is -2.30. The largest absolute Gasteiger partial charge is 0.756 e. The first-order chi connectivity index (χ1) is 41.4. The summed E-state index contributed by atoms with van der Waals surface area (Å²) in [5, 5.41) is 3.06. The maximum Gasteiger partial charge on any atom is 0.306 e. The van der Waals surface area contributed by atoms with Crippen molar-refractivity contribution < 1.29 is 37.3 Å². The Morgan fingerprint density at radius 2 is 0.671 bits per heavy atom. The lowest BCUT2D eigenvalue weighted by Crippen LogP contribution is -2.47. The molecular weight excluding hydrogens is 1070 g/mol. The van der Waals surface area contributed by atoms with Gasteiger partial charge in [-0.05, 0) is 31.8 Å². The Kier molecular flexibility index (Phi) is 64.7. The average molecular weight is 1220 g/mol. The highest BCUT2D eigenvalue weighted by Gasteiger charge is 2.27. The van der Waals surface area contributed by atoms with E-state index in [1.165, 1.54) is 315 Å². The van der Waals surface area contributed by atoms with Crippen LogP contribution in [0, 0.1) is 0 Å². The van der Waals surface area contributed by atoms with Gasteiger partial charge in [-0.15, -0.1) is 0 Å². The van der Waals surface area contributed by atoms with Gasteiger partial charge in [-0.1, -0.05) is 374 Å². The summed E-state index contributed by atoms with van der Waals surface area (Å²) in [5.41, 5.74) is 0. The second kappa shape index (κ2) is 65.7. The number of unbranched alkanes of at least 4 members (excludes halogenated alkanes) is 55. The van der Waals surface area contributed by atoms with Crippen molar-refractivity contribution in [3.8, 4) is 0 Å². The van der Waals surface area contributed by atoms with Crippen molar-refractivity contribution in [3.63, 3.8) is 0 Å². The van der Waals surface area contributed by atoms with Crippen molar-refractivity contribution in [1.82, 2.24) is 5.32 Å². The minimum absolute atomic E-state index is 0.0164. The number of likely N-dealkylation sites (N-methyl/N-ethyl adjacent to an activating group) is 1. The number of phosphoric ester groups is 1. The summed E-state index contributed by atoms with van der Waals surface area (Å²) >= 11 is 0. The van der Waals surface area contributed by atoms with Crippen LogP contribution in [0.15, 0.2) is 12.2 Å². The van der Waals surface area contributed by atoms with Gasteiger partial charge in [0.15, 0.2) is 0 Å². The van der Waals surface area contributed by atoms with Gasteiger partial charge in [0, 0.05) is 12.8 Å². The van der Waals surface area contributed by atoms with Crippen molar-refractivity contribution in [1.29, 1.82) is 0 Å². The van der Waals surface area contributed by atoms with Crippen molar-refractivity contribution in [3.05, 3.63) is 12.2 Å². The minimum atomic E-state index is -4.70. The quantitative estimate of drug-likeness (QED) is 0.0212. The van der Waals surface area contributed by atoms with E-state index in [-0.39, 0.29) is 31.5 Å². The van der Waals surface area contributed by atoms with Crippen LogP contribution in [0.5, 0.6) is 0 Å². The number of hydrogen-bond donors (Lipinski definition) is 1. The molecule has 85 heavy (non-hydrogen) atoms. The minimum Gasteiger partial charge on any atom is -0.756 e. The topological polar surface area (TPSA) is 114 Å². The van der Waals surface area contributed by atoms with Gasteiger partial charge in [0.2, 0.25) is 5.91 Å². The zero-order chi connectivity index (χ0) is 62.1. The number of carbonyl (C=O) groups is 2. The molecule has 0 radical (unpaired) electrons. The molecule has 0 saturated carbocycles. The Bertz CT molecular complexity index is 1450. The first-order valence-corrected chi connectivity index (χ1v) is 39.5. The number of allylic oxidation sites excluding steroid dienone is 1. The first-order valence-electron chi connectivity index (χ1n) is 38.0. The van der Waals surface area contributed by atoms with E-state index < -0.39 is 20.0 Å². The van der Waals surface area contributed by atoms with Gasteiger partial charge in [0.25, 0.3) is 7.82 Å². The Balaban J connectivity index is 4.89. The summed E-state index contributed by atoms with van der Waals surface area (Å²) in [5.74, 6) is -0.511. The number of nitrogens with zero attached hydrogens (tertiary/aromatic N) is 1. The second-order valence-electron chi connectivity index (χ2n) is 27.5. The van der Waals surface area contributed by atoms with Crippen LogP contribution in [-0.4, -0.2) is 69.4 Å². The molecule has 0 aliphatic heterocycles. The van der Waals surface area contributed by atoms with Gasteiger partial charge >= 0.3 is 5.97 Å². The molecule has 0 heterocycles. The predicted octanol–water partition coefficient (Wildman–Crippen LogP) is 23.6. The molecule has 0 spiro atoms. The molecular formula is C75H149N2O7P. The maximum absolute atomic E-state index is 13.6. The average Bonchev–Trinajstić information content (AvgIpc) is 3.62. The summed E-state index contributed by atoms with van der Waals surface area (Å²) < 4.78 is 30.5. The summed E-state index contributed by atoms with van der Waals surface area (Å²) in [7, 11) is 1.21. The zero-order valence-electron chi connectivity index (χ0n) is 58.1. The third-order valence-corrected chi connectivity index (χ3v) is 18.7. The van der Waals surface area contributed by atoms with Crippen LogP contribution in [0.1, 0.15) is 406 Å². The number of carbonyl (C=O) groups excluding carboxylic acids is 2. The van der Waals surface area contributed by atoms with E-state index in [2.05, 4.69) is 26.1 Å². The summed E-state index contributed by atoms with van der Waals surface area (Å²) in [6.07, 6.45) is 79.3. The molecule has 1 amide bonds. The fourth-order valence-corrected chi connectivity index (χ4v) is 12.6. The maximum atomic E-state index is 13.6. The lowest BCUT2D eigenvalue weighted by molar-refractivity contribution is -0.870. The van der Waals surface area contributed by atoms with Crippen LogP contribution in [0.4, 0.5) is 0 Å². The second-order valence-corrected chi connectivity index (χ2v) is 28.9. The van der Waals surface area contributed by atoms with Crippen LogP contribution < -0.4 is 10.2 Å². The number of esters is 1. The number of rotatable bonds is 71. The number of ether oxygens (including phenoxy) is 1. The predicted molar refractivity (Wildman–Crippen MR) is 367 cm³/mol. The van der Waals surface area contributed by atoms with Crippen molar-refractivity contribution in [2.75, 3.05) is 40.9 Å². The highest BCUT2D eigenvalue weighted by atomic mass is 31.2. The SMILES string of the molecule is CCCCCCCCCCC/C=C/C(OC(=O)CCCCCCCCCCCCCCCCCCCCCCCCC)C(COP(=O)([O-])OCC[N+](C)(C)C)NC(=O)CCCCCCCCCCCCCCCCCCCCCCCCCCC. The monoisotopic (exact) mass is 1220 g/mol. The van der Waals surface area contributed by atoms with Gasteiger partial charge in [-0.3, -0.25) is 14.2 Å². The van der Waals surface area contributed by atoms with E-state index >= 15 is 0 Å². The molecule has 506 valence electrons. The van der Waals surface area contributed by atoms with Crippen LogP contribution in [0.2, 0.25) is 0 Å². The molecule has 0 rings (SSSR count). The fraction of sp³-hybridized carbons (Fsp3) is 0.947. The Morgan fingerprint density at radius 1 is 0.400 bits per heavy atom. The summed E-state index contributed by atoms with van der Waals surface area (Å²) in [4.78, 5) is 40.2. The van der Waals surface area contributed by atoms with Gasteiger partial charge in [0.1, 0.15) is 19.3 Å². The van der Waals surface area contributed by atoms with Crippen LogP contribution in [-0.2, 0) is 27.9 Å². The smallest absolute Gasteiger partial charge is 0.306 e. The highest BCUT2D eigenvalue weighted by Crippen LogP contribution is 2.38. The van der Waals surface area contributed by atoms with E-state index in [1.54, 1.807) is 0 Å². The molecule has 1 N–H and O–H groups in total. The molecule has 0 fully saturated rings. The molecule has 0 bridgehead atoms. The normalized spacial score (nSPS) is 13.4.